The van der Waals surface area contributed by atoms with Crippen LogP contribution >= 0.6 is 24.8 Å². The van der Waals surface area contributed by atoms with E-state index in [4.69, 9.17) is 0 Å². The van der Waals surface area contributed by atoms with Crippen LogP contribution in [0.4, 0.5) is 0 Å². The van der Waals surface area contributed by atoms with E-state index in [-0.39, 0.29) is 24.8 Å². The first-order valence-electron chi connectivity index (χ1n) is 7.89. The monoisotopic (exact) mass is 424 g/mol. The van der Waals surface area contributed by atoms with Crippen molar-refractivity contribution in [3.8, 4) is 0 Å². The first-order valence-corrected chi connectivity index (χ1v) is 22.5. The van der Waals surface area contributed by atoms with Crippen LogP contribution in [0, 0.1) is 27.7 Å². The van der Waals surface area contributed by atoms with Gasteiger partial charge in [0.1, 0.15) is 0 Å². The van der Waals surface area contributed by atoms with Crippen molar-refractivity contribution >= 4 is 24.8 Å². The van der Waals surface area contributed by atoms with Gasteiger partial charge in [-0.3, -0.25) is 0 Å². The third-order valence-corrected chi connectivity index (χ3v) is 23.3. The maximum Gasteiger partial charge on any atom is -0.147 e. The number of rotatable bonds is 2. The van der Waals surface area contributed by atoms with E-state index in [0.29, 0.717) is 0 Å². The molecule has 0 bridgehead atoms. The van der Waals surface area contributed by atoms with E-state index in [1.165, 1.54) is 22.5 Å². The van der Waals surface area contributed by atoms with Gasteiger partial charge in [-0.15, -0.1) is 24.8 Å². The minimum absolute atomic E-state index is 0. The summed E-state index contributed by atoms with van der Waals surface area (Å²) in [5.74, 6) is 0. The molecule has 4 heteroatoms. The fourth-order valence-electron chi connectivity index (χ4n) is 4.58. The molecule has 0 saturated carbocycles. The van der Waals surface area contributed by atoms with E-state index in [9.17, 15) is 0 Å². The Bertz CT molecular complexity index is 665. The second-order valence-electron chi connectivity index (χ2n) is 11.6. The van der Waals surface area contributed by atoms with Gasteiger partial charge < -0.3 is 0 Å². The third kappa shape index (κ3) is 2.85. The zero-order valence-electron chi connectivity index (χ0n) is 15.7. The molecule has 0 amide bonds. The molecule has 0 radical (unpaired) electrons. The number of nitrogens with zero attached hydrogens (tertiary/aromatic N) is 1. The number of halogens is 2. The van der Waals surface area contributed by atoms with E-state index in [2.05, 4.69) is 71.6 Å². The molecule has 0 aromatic carbocycles. The molecule has 1 aromatic rings. The molecule has 0 spiro atoms. The van der Waals surface area contributed by atoms with Crippen LogP contribution in [0.25, 0.3) is 0 Å². The summed E-state index contributed by atoms with van der Waals surface area (Å²) < 4.78 is 17.3. The van der Waals surface area contributed by atoms with Crippen molar-refractivity contribution in [3.05, 3.63) is 44.0 Å². The molecule has 1 aliphatic carbocycles. The number of hydrogen-bond donors (Lipinski definition) is 0. The van der Waals surface area contributed by atoms with Gasteiger partial charge >= 0.3 is 120 Å². The molecule has 0 unspecified atom stereocenters. The van der Waals surface area contributed by atoms with Crippen LogP contribution in [0.2, 0.25) is 23.2 Å². The molecule has 1 heterocycles. The molecule has 1 aliphatic rings. The summed E-state index contributed by atoms with van der Waals surface area (Å²) in [6.07, 6.45) is 8.02. The number of hydrogen-bond acceptors (Lipinski definition) is 0. The van der Waals surface area contributed by atoms with E-state index in [1.54, 1.807) is 3.28 Å². The van der Waals surface area contributed by atoms with Gasteiger partial charge in [0.2, 0.25) is 0 Å². The van der Waals surface area contributed by atoms with Gasteiger partial charge in [0, 0.05) is 0 Å². The van der Waals surface area contributed by atoms with Gasteiger partial charge in [0.25, 0.3) is 0 Å². The Kier molecular flexibility index (Phi) is 4.69. The Labute approximate surface area is 144 Å². The summed E-state index contributed by atoms with van der Waals surface area (Å²) in [5, 5.41) is 0. The topological polar surface area (TPSA) is 4.93 Å². The predicted octanol–water partition coefficient (Wildman–Crippen LogP) is 7.17. The van der Waals surface area contributed by atoms with E-state index >= 15 is 0 Å². The van der Waals surface area contributed by atoms with Gasteiger partial charge in [-0.2, -0.15) is 0 Å². The minimum Gasteiger partial charge on any atom is -0.147 e. The molecule has 22 heavy (non-hydrogen) atoms. The second-order valence-corrected chi connectivity index (χ2v) is 51.0. The van der Waals surface area contributed by atoms with Gasteiger partial charge in [-0.1, -0.05) is 0 Å². The predicted molar refractivity (Wildman–Crippen MR) is 104 cm³/mol. The average Bonchev–Trinajstić information content (AvgIpc) is 2.83. The molecule has 0 fully saturated rings. The van der Waals surface area contributed by atoms with Crippen LogP contribution in [0.15, 0.2) is 21.5 Å². The van der Waals surface area contributed by atoms with E-state index < -0.39 is 16.1 Å². The Hall–Kier alpha value is 0.223. The first kappa shape index (κ1) is 22.2. The largest absolute Gasteiger partial charge is 0.147 e. The van der Waals surface area contributed by atoms with Crippen LogP contribution in [0.1, 0.15) is 28.9 Å². The van der Waals surface area contributed by atoms with Crippen molar-refractivity contribution in [2.24, 2.45) is 0 Å². The molecule has 0 atom stereocenters. The summed E-state index contributed by atoms with van der Waals surface area (Å²) in [5.41, 5.74) is 5.81. The van der Waals surface area contributed by atoms with Crippen molar-refractivity contribution in [2.45, 2.75) is 57.3 Å². The molecule has 0 saturated heterocycles. The third-order valence-electron chi connectivity index (χ3n) is 6.07. The van der Waals surface area contributed by atoms with Crippen molar-refractivity contribution in [2.75, 3.05) is 0 Å². The van der Waals surface area contributed by atoms with Crippen molar-refractivity contribution in [1.29, 1.82) is 0 Å². The van der Waals surface area contributed by atoms with Crippen LogP contribution in [0.3, 0.4) is 0 Å². The quantitative estimate of drug-likeness (QED) is 0.472. The van der Waals surface area contributed by atoms with Gasteiger partial charge in [0.15, 0.2) is 0 Å². The fourth-order valence-corrected chi connectivity index (χ4v) is 20.7. The van der Waals surface area contributed by atoms with Crippen molar-refractivity contribution in [1.82, 2.24) is 2.51 Å². The molecule has 1 aromatic heterocycles. The molecular formula is C18H34Cl2NZr. The maximum atomic E-state index is 2.75. The van der Waals surface area contributed by atoms with E-state index in [1.807, 2.05) is 0 Å². The summed E-state index contributed by atoms with van der Waals surface area (Å²) >= 11 is -4.19. The van der Waals surface area contributed by atoms with Crippen molar-refractivity contribution < 1.29 is 16.1 Å². The van der Waals surface area contributed by atoms with Gasteiger partial charge in [-0.25, -0.2) is 0 Å². The summed E-state index contributed by atoms with van der Waals surface area (Å²) in [7, 11) is 0. The molecule has 2 rings (SSSR count). The normalized spacial score (nSPS) is 19.1. The van der Waals surface area contributed by atoms with Crippen LogP contribution in [0.5, 0.6) is 0 Å². The van der Waals surface area contributed by atoms with Gasteiger partial charge in [0.05, 0.1) is 0 Å². The number of allylic oxidation sites excluding steroid dienone is 4. The Morgan fingerprint density at radius 3 is 1.55 bits per heavy atom. The zero-order valence-corrected chi connectivity index (χ0v) is 19.8. The first-order chi connectivity index (χ1) is 8.62. The van der Waals surface area contributed by atoms with Gasteiger partial charge in [-0.05, 0) is 0 Å². The van der Waals surface area contributed by atoms with Crippen LogP contribution < -0.4 is 0 Å². The Morgan fingerprint density at radius 2 is 1.23 bits per heavy atom. The van der Waals surface area contributed by atoms with Crippen molar-refractivity contribution in [3.63, 3.8) is 0 Å². The smallest absolute Gasteiger partial charge is 0.147 e. The maximum absolute atomic E-state index is 4.19. The van der Waals surface area contributed by atoms with Crippen LogP contribution in [-0.2, 0) is 16.1 Å². The second kappa shape index (κ2) is 4.65. The number of aromatic nitrogens is 1. The molecule has 0 N–H and O–H groups in total. The molecular weight excluding hydrogens is 392 g/mol. The minimum atomic E-state index is -4.19. The summed E-state index contributed by atoms with van der Waals surface area (Å²) in [6, 6.07) is 0. The SMILES string of the molecule is Cc1c(C)c(C)[n]([Zr]([CH3])([CH3])([CH3])([CH3])([CH3])[C]2=CC=CC2)c1C.Cl.Cl. The summed E-state index contributed by atoms with van der Waals surface area (Å²) in [6.45, 7) is 9.14. The average molecular weight is 427 g/mol. The molecule has 129 valence electrons. The van der Waals surface area contributed by atoms with Crippen LogP contribution in [-0.4, -0.2) is 2.51 Å². The molecule has 0 aliphatic heterocycles. The summed E-state index contributed by atoms with van der Waals surface area (Å²) in [4.78, 5) is 0. The fraction of sp³-hybridized carbons (Fsp3) is 0.556. The Balaban J connectivity index is 0.00000220. The van der Waals surface area contributed by atoms with E-state index in [0.717, 1.165) is 6.42 Å². The Morgan fingerprint density at radius 1 is 0.818 bits per heavy atom. The molecule has 1 nitrogen and oxygen atoms in total. The zero-order chi connectivity index (χ0) is 15.7. The standard InChI is InChI=1S/C8H12N.C5H5.5CH3.2ClH.Zr/c1-5-6(2)8(4)9-7(5)3;1-2-4-5-3-1;;;;;;;;/h1-4H3;1-3H,4H2;5*1H3;2*1H;/q-1;;;;;;;;;+1.